The Morgan fingerprint density at radius 1 is 1.04 bits per heavy atom. The molecule has 2 aromatic carbocycles. The predicted octanol–water partition coefficient (Wildman–Crippen LogP) is 4.92. The van der Waals surface area contributed by atoms with E-state index in [1.165, 1.54) is 5.56 Å². The van der Waals surface area contributed by atoms with Crippen LogP contribution in [0, 0.1) is 0 Å². The van der Waals surface area contributed by atoms with Crippen LogP contribution in [0.5, 0.6) is 5.75 Å². The molecule has 4 nitrogen and oxygen atoms in total. The molecule has 0 saturated heterocycles. The third kappa shape index (κ3) is 4.49. The lowest BCUT2D eigenvalue weighted by Gasteiger charge is -2.09. The second-order valence-corrected chi connectivity index (χ2v) is 5.95. The van der Waals surface area contributed by atoms with Crippen LogP contribution < -0.4 is 10.1 Å². The summed E-state index contributed by atoms with van der Waals surface area (Å²) in [4.78, 5) is 12.1. The molecule has 0 aliphatic carbocycles. The summed E-state index contributed by atoms with van der Waals surface area (Å²) in [5, 5.41) is 2.79. The van der Waals surface area contributed by atoms with Gasteiger partial charge in [0.15, 0.2) is 10.4 Å². The van der Waals surface area contributed by atoms with Gasteiger partial charge in [-0.05, 0) is 45.8 Å². The fourth-order valence-electron chi connectivity index (χ4n) is 2.22. The predicted molar refractivity (Wildman–Crippen MR) is 96.4 cm³/mol. The van der Waals surface area contributed by atoms with Crippen LogP contribution in [0.25, 0.3) is 0 Å². The van der Waals surface area contributed by atoms with Gasteiger partial charge < -0.3 is 14.5 Å². The van der Waals surface area contributed by atoms with Crippen molar-refractivity contribution in [1.82, 2.24) is 0 Å². The smallest absolute Gasteiger partial charge is 0.291 e. The van der Waals surface area contributed by atoms with Crippen LogP contribution in [-0.2, 0) is 6.42 Å². The lowest BCUT2D eigenvalue weighted by Crippen LogP contribution is -2.11. The van der Waals surface area contributed by atoms with Crippen LogP contribution in [0.4, 0.5) is 5.69 Å². The van der Waals surface area contributed by atoms with Crippen molar-refractivity contribution in [3.8, 4) is 5.75 Å². The number of furan rings is 1. The SMILES string of the molecule is O=C(Nc1cccc(OCCc2ccccc2)c1)c1ccc(Br)o1. The average Bonchev–Trinajstić information content (AvgIpc) is 3.03. The molecule has 1 aromatic heterocycles. The molecular formula is C19H16BrNO3. The molecule has 3 rings (SSSR count). The first-order valence-corrected chi connectivity index (χ1v) is 8.33. The monoisotopic (exact) mass is 385 g/mol. The van der Waals surface area contributed by atoms with Gasteiger partial charge in [0.25, 0.3) is 5.91 Å². The molecule has 0 aliphatic heterocycles. The highest BCUT2D eigenvalue weighted by atomic mass is 79.9. The van der Waals surface area contributed by atoms with Crippen LogP contribution in [0.15, 0.2) is 75.8 Å². The van der Waals surface area contributed by atoms with Gasteiger partial charge in [0, 0.05) is 18.2 Å². The molecular weight excluding hydrogens is 370 g/mol. The number of hydrogen-bond donors (Lipinski definition) is 1. The highest BCUT2D eigenvalue weighted by Crippen LogP contribution is 2.20. The summed E-state index contributed by atoms with van der Waals surface area (Å²) < 4.78 is 11.5. The Labute approximate surface area is 148 Å². The standard InChI is InChI=1S/C19H16BrNO3/c20-18-10-9-17(24-18)19(22)21-15-7-4-8-16(13-15)23-12-11-14-5-2-1-3-6-14/h1-10,13H,11-12H2,(H,21,22). The molecule has 122 valence electrons. The minimum Gasteiger partial charge on any atom is -0.493 e. The van der Waals surface area contributed by atoms with E-state index in [9.17, 15) is 4.79 Å². The Hall–Kier alpha value is -2.53. The second-order valence-electron chi connectivity index (χ2n) is 5.17. The van der Waals surface area contributed by atoms with Crippen molar-refractivity contribution in [3.05, 3.63) is 82.7 Å². The van der Waals surface area contributed by atoms with E-state index in [4.69, 9.17) is 9.15 Å². The molecule has 0 atom stereocenters. The molecule has 0 radical (unpaired) electrons. The third-order valence-electron chi connectivity index (χ3n) is 3.39. The summed E-state index contributed by atoms with van der Waals surface area (Å²) >= 11 is 3.18. The molecule has 0 spiro atoms. The number of ether oxygens (including phenoxy) is 1. The molecule has 0 fully saturated rings. The summed E-state index contributed by atoms with van der Waals surface area (Å²) in [5.41, 5.74) is 1.88. The van der Waals surface area contributed by atoms with Crippen molar-refractivity contribution in [2.75, 3.05) is 11.9 Å². The summed E-state index contributed by atoms with van der Waals surface area (Å²) in [5.74, 6) is 0.656. The molecule has 3 aromatic rings. The van der Waals surface area contributed by atoms with Crippen molar-refractivity contribution in [2.24, 2.45) is 0 Å². The van der Waals surface area contributed by atoms with Crippen LogP contribution in [0.3, 0.4) is 0 Å². The Morgan fingerprint density at radius 2 is 1.88 bits per heavy atom. The van der Waals surface area contributed by atoms with Gasteiger partial charge in [-0.3, -0.25) is 4.79 Å². The van der Waals surface area contributed by atoms with Crippen LogP contribution >= 0.6 is 15.9 Å². The van der Waals surface area contributed by atoms with Crippen LogP contribution in [-0.4, -0.2) is 12.5 Å². The van der Waals surface area contributed by atoms with Crippen LogP contribution in [0.2, 0.25) is 0 Å². The van der Waals surface area contributed by atoms with Crippen molar-refractivity contribution in [3.63, 3.8) is 0 Å². The van der Waals surface area contributed by atoms with Crippen molar-refractivity contribution < 1.29 is 13.9 Å². The molecule has 0 saturated carbocycles. The quantitative estimate of drug-likeness (QED) is 0.655. The van der Waals surface area contributed by atoms with E-state index >= 15 is 0 Å². The van der Waals surface area contributed by atoms with E-state index in [0.717, 1.165) is 6.42 Å². The maximum Gasteiger partial charge on any atom is 0.291 e. The first kappa shape index (κ1) is 16.3. The second kappa shape index (κ2) is 7.84. The highest BCUT2D eigenvalue weighted by Gasteiger charge is 2.10. The fourth-order valence-corrected chi connectivity index (χ4v) is 2.53. The number of carbonyl (C=O) groups is 1. The van der Waals surface area contributed by atoms with Gasteiger partial charge in [0.1, 0.15) is 5.75 Å². The summed E-state index contributed by atoms with van der Waals surface area (Å²) in [7, 11) is 0. The number of amides is 1. The Balaban J connectivity index is 1.56. The van der Waals surface area contributed by atoms with Gasteiger partial charge in [0.05, 0.1) is 6.61 Å². The summed E-state index contributed by atoms with van der Waals surface area (Å²) in [6.45, 7) is 0.576. The van der Waals surface area contributed by atoms with Crippen molar-refractivity contribution >= 4 is 27.5 Å². The number of nitrogens with one attached hydrogen (secondary N) is 1. The average molecular weight is 386 g/mol. The minimum atomic E-state index is -0.304. The van der Waals surface area contributed by atoms with E-state index < -0.39 is 0 Å². The minimum absolute atomic E-state index is 0.247. The molecule has 1 heterocycles. The highest BCUT2D eigenvalue weighted by molar-refractivity contribution is 9.10. The molecule has 0 aliphatic rings. The Bertz CT molecular complexity index is 814. The van der Waals surface area contributed by atoms with E-state index in [2.05, 4.69) is 33.4 Å². The maximum absolute atomic E-state index is 12.1. The molecule has 1 N–H and O–H groups in total. The summed E-state index contributed by atoms with van der Waals surface area (Å²) in [6, 6.07) is 20.8. The third-order valence-corrected chi connectivity index (χ3v) is 3.82. The summed E-state index contributed by atoms with van der Waals surface area (Å²) in [6.07, 6.45) is 0.831. The lowest BCUT2D eigenvalue weighted by atomic mass is 10.2. The number of carbonyl (C=O) groups excluding carboxylic acids is 1. The fraction of sp³-hybridized carbons (Fsp3) is 0.105. The maximum atomic E-state index is 12.1. The van der Waals surface area contributed by atoms with Gasteiger partial charge >= 0.3 is 0 Å². The molecule has 0 bridgehead atoms. The van der Waals surface area contributed by atoms with Crippen LogP contribution in [0.1, 0.15) is 16.1 Å². The van der Waals surface area contributed by atoms with E-state index in [0.29, 0.717) is 22.7 Å². The van der Waals surface area contributed by atoms with E-state index in [1.54, 1.807) is 24.3 Å². The Morgan fingerprint density at radius 3 is 2.62 bits per heavy atom. The van der Waals surface area contributed by atoms with Gasteiger partial charge in [-0.25, -0.2) is 0 Å². The number of hydrogen-bond acceptors (Lipinski definition) is 3. The number of benzene rings is 2. The number of anilines is 1. The molecule has 5 heteroatoms. The number of halogens is 1. The molecule has 24 heavy (non-hydrogen) atoms. The molecule has 1 amide bonds. The zero-order valence-corrected chi connectivity index (χ0v) is 14.5. The first-order chi connectivity index (χ1) is 11.7. The largest absolute Gasteiger partial charge is 0.493 e. The lowest BCUT2D eigenvalue weighted by molar-refractivity contribution is 0.0995. The Kier molecular flexibility index (Phi) is 5.33. The number of rotatable bonds is 6. The first-order valence-electron chi connectivity index (χ1n) is 7.54. The normalized spacial score (nSPS) is 10.4. The zero-order chi connectivity index (χ0) is 16.8. The van der Waals surface area contributed by atoms with Crippen molar-refractivity contribution in [1.29, 1.82) is 0 Å². The van der Waals surface area contributed by atoms with E-state index in [1.807, 2.05) is 30.3 Å². The zero-order valence-electron chi connectivity index (χ0n) is 12.9. The topological polar surface area (TPSA) is 51.5 Å². The van der Waals surface area contributed by atoms with E-state index in [-0.39, 0.29) is 11.7 Å². The van der Waals surface area contributed by atoms with Gasteiger partial charge in [0.2, 0.25) is 0 Å². The van der Waals surface area contributed by atoms with Gasteiger partial charge in [-0.1, -0.05) is 36.4 Å². The van der Waals surface area contributed by atoms with Crippen molar-refractivity contribution in [2.45, 2.75) is 6.42 Å². The molecule has 0 unspecified atom stereocenters. The van der Waals surface area contributed by atoms with Gasteiger partial charge in [-0.2, -0.15) is 0 Å². The van der Waals surface area contributed by atoms with Gasteiger partial charge in [-0.15, -0.1) is 0 Å².